The fourth-order valence-corrected chi connectivity index (χ4v) is 1.94. The van der Waals surface area contributed by atoms with Crippen molar-refractivity contribution in [2.45, 2.75) is 32.9 Å². The predicted molar refractivity (Wildman–Crippen MR) is 112 cm³/mol. The molecule has 0 fully saturated rings. The van der Waals surface area contributed by atoms with E-state index in [1.54, 1.807) is 25.4 Å². The molecule has 0 unspecified atom stereocenters. The first-order valence-electron chi connectivity index (χ1n) is 8.24. The molecule has 0 bridgehead atoms. The molecule has 0 spiro atoms. The summed E-state index contributed by atoms with van der Waals surface area (Å²) in [5.41, 5.74) is -0.513. The van der Waals surface area contributed by atoms with E-state index in [0.29, 0.717) is 43.0 Å². The maximum Gasteiger partial charge on any atom is 0.407 e. The highest BCUT2D eigenvalue weighted by Crippen LogP contribution is 2.14. The molecule has 10 nitrogen and oxygen atoms in total. The molecule has 0 aliphatic heterocycles. The van der Waals surface area contributed by atoms with Crippen molar-refractivity contribution < 1.29 is 13.9 Å². The van der Waals surface area contributed by atoms with Gasteiger partial charge in [-0.1, -0.05) is 0 Å². The van der Waals surface area contributed by atoms with E-state index < -0.39 is 11.7 Å². The normalized spacial score (nSPS) is 11.5. The number of carbonyl (C=O) groups is 1. The smallest absolute Gasteiger partial charge is 0.407 e. The number of carbonyl (C=O) groups excluding carboxylic acids is 1. The number of hydrogen-bond acceptors (Lipinski definition) is 6. The average molecular weight is 491 g/mol. The highest BCUT2D eigenvalue weighted by Gasteiger charge is 2.15. The molecular weight excluding hydrogens is 465 g/mol. The summed E-state index contributed by atoms with van der Waals surface area (Å²) in [6, 6.07) is 3.57. The molecule has 0 saturated heterocycles. The maximum absolute atomic E-state index is 11.5. The number of alkyl carbamates (subject to hydrolysis) is 1. The standard InChI is InChI=1S/C16H25N7O3.HI/c1-16(2,3)26-15(24)19-8-7-18-14(17-4)20-10-12-21-13(23-22-12)11-6-5-9-25-11;/h5-6,9H,7-8,10H2,1-4H3,(H,19,24)(H2,17,18,20)(H,21,22,23);1H. The van der Waals surface area contributed by atoms with Crippen LogP contribution in [0.4, 0.5) is 4.79 Å². The second kappa shape index (κ2) is 10.7. The van der Waals surface area contributed by atoms with E-state index >= 15 is 0 Å². The van der Waals surface area contributed by atoms with E-state index in [9.17, 15) is 4.79 Å². The lowest BCUT2D eigenvalue weighted by Crippen LogP contribution is -2.42. The van der Waals surface area contributed by atoms with Gasteiger partial charge in [0.15, 0.2) is 11.7 Å². The third-order valence-electron chi connectivity index (χ3n) is 3.01. The molecular formula is C16H26IN7O3. The minimum Gasteiger partial charge on any atom is -0.461 e. The number of guanidine groups is 1. The number of nitrogens with one attached hydrogen (secondary N) is 4. The number of ether oxygens (including phenoxy) is 1. The summed E-state index contributed by atoms with van der Waals surface area (Å²) >= 11 is 0. The van der Waals surface area contributed by atoms with Crippen LogP contribution in [-0.4, -0.2) is 53.0 Å². The minimum absolute atomic E-state index is 0. The van der Waals surface area contributed by atoms with Crippen molar-refractivity contribution in [3.63, 3.8) is 0 Å². The van der Waals surface area contributed by atoms with Crippen LogP contribution in [0, 0.1) is 0 Å². The lowest BCUT2D eigenvalue weighted by Gasteiger charge is -2.19. The van der Waals surface area contributed by atoms with E-state index in [1.807, 2.05) is 20.8 Å². The summed E-state index contributed by atoms with van der Waals surface area (Å²) in [6.45, 7) is 6.76. The van der Waals surface area contributed by atoms with E-state index in [-0.39, 0.29) is 24.0 Å². The Balaban J connectivity index is 0.00000364. The van der Waals surface area contributed by atoms with Crippen LogP contribution in [0.5, 0.6) is 0 Å². The average Bonchev–Trinajstić information content (AvgIpc) is 3.23. The van der Waals surface area contributed by atoms with Gasteiger partial charge < -0.3 is 25.1 Å². The van der Waals surface area contributed by atoms with Gasteiger partial charge in [0.1, 0.15) is 11.4 Å². The van der Waals surface area contributed by atoms with Crippen LogP contribution in [0.25, 0.3) is 11.6 Å². The molecule has 1 amide bonds. The van der Waals surface area contributed by atoms with Gasteiger partial charge in [-0.2, -0.15) is 0 Å². The van der Waals surface area contributed by atoms with Gasteiger partial charge in [-0.3, -0.25) is 10.1 Å². The predicted octanol–water partition coefficient (Wildman–Crippen LogP) is 1.87. The van der Waals surface area contributed by atoms with Crippen molar-refractivity contribution in [2.24, 2.45) is 4.99 Å². The lowest BCUT2D eigenvalue weighted by atomic mass is 10.2. The van der Waals surface area contributed by atoms with Crippen LogP contribution < -0.4 is 16.0 Å². The zero-order valence-corrected chi connectivity index (χ0v) is 18.2. The molecule has 0 aromatic carbocycles. The first kappa shape index (κ1) is 22.7. The summed E-state index contributed by atoms with van der Waals surface area (Å²) in [7, 11) is 1.66. The Morgan fingerprint density at radius 3 is 2.67 bits per heavy atom. The van der Waals surface area contributed by atoms with Gasteiger partial charge in [-0.15, -0.1) is 29.1 Å². The van der Waals surface area contributed by atoms with Gasteiger partial charge in [-0.05, 0) is 32.9 Å². The monoisotopic (exact) mass is 491 g/mol. The molecule has 0 aliphatic rings. The Hall–Kier alpha value is -2.31. The summed E-state index contributed by atoms with van der Waals surface area (Å²) in [5.74, 6) is 2.32. The molecule has 11 heteroatoms. The first-order valence-corrected chi connectivity index (χ1v) is 8.24. The Morgan fingerprint density at radius 2 is 2.04 bits per heavy atom. The number of furan rings is 1. The zero-order chi connectivity index (χ0) is 19.0. The number of amides is 1. The van der Waals surface area contributed by atoms with Gasteiger partial charge >= 0.3 is 6.09 Å². The molecule has 0 radical (unpaired) electrons. The first-order chi connectivity index (χ1) is 12.4. The van der Waals surface area contributed by atoms with Crippen LogP contribution >= 0.6 is 24.0 Å². The van der Waals surface area contributed by atoms with E-state index in [2.05, 4.69) is 36.1 Å². The third kappa shape index (κ3) is 8.28. The number of aromatic amines is 1. The van der Waals surface area contributed by atoms with E-state index in [4.69, 9.17) is 9.15 Å². The lowest BCUT2D eigenvalue weighted by molar-refractivity contribution is 0.0529. The Kier molecular flexibility index (Phi) is 9.05. The molecule has 0 aliphatic carbocycles. The SMILES string of the molecule is CN=C(NCCNC(=O)OC(C)(C)C)NCc1nc(-c2ccco2)n[nH]1.I. The third-order valence-corrected chi connectivity index (χ3v) is 3.01. The molecule has 2 rings (SSSR count). The number of aliphatic imine (C=N–C) groups is 1. The van der Waals surface area contributed by atoms with Gasteiger partial charge in [0, 0.05) is 20.1 Å². The summed E-state index contributed by atoms with van der Waals surface area (Å²) in [6.07, 6.45) is 1.12. The molecule has 2 aromatic heterocycles. The highest BCUT2D eigenvalue weighted by atomic mass is 127. The van der Waals surface area contributed by atoms with Crippen LogP contribution in [0.15, 0.2) is 27.8 Å². The van der Waals surface area contributed by atoms with Gasteiger partial charge in [0.05, 0.1) is 12.8 Å². The fraction of sp³-hybridized carbons (Fsp3) is 0.500. The number of aromatic nitrogens is 3. The minimum atomic E-state index is -0.513. The van der Waals surface area contributed by atoms with Crippen LogP contribution in [0.3, 0.4) is 0 Å². The Bertz CT molecular complexity index is 723. The number of rotatable bonds is 6. The quantitative estimate of drug-likeness (QED) is 0.210. The molecule has 150 valence electrons. The van der Waals surface area contributed by atoms with Crippen molar-refractivity contribution in [3.8, 4) is 11.6 Å². The Morgan fingerprint density at radius 1 is 1.30 bits per heavy atom. The second-order valence-electron chi connectivity index (χ2n) is 6.36. The highest BCUT2D eigenvalue weighted by molar-refractivity contribution is 14.0. The molecule has 0 saturated carbocycles. The van der Waals surface area contributed by atoms with E-state index in [1.165, 1.54) is 0 Å². The molecule has 2 heterocycles. The van der Waals surface area contributed by atoms with Gasteiger partial charge in [0.2, 0.25) is 5.82 Å². The van der Waals surface area contributed by atoms with Crippen molar-refractivity contribution in [1.82, 2.24) is 31.1 Å². The molecule has 4 N–H and O–H groups in total. The number of halogens is 1. The fourth-order valence-electron chi connectivity index (χ4n) is 1.94. The summed E-state index contributed by atoms with van der Waals surface area (Å²) < 4.78 is 10.4. The van der Waals surface area contributed by atoms with Gasteiger partial charge in [0.25, 0.3) is 0 Å². The van der Waals surface area contributed by atoms with Crippen molar-refractivity contribution in [2.75, 3.05) is 20.1 Å². The maximum atomic E-state index is 11.5. The van der Waals surface area contributed by atoms with E-state index in [0.717, 1.165) is 0 Å². The number of H-pyrrole nitrogens is 1. The van der Waals surface area contributed by atoms with Gasteiger partial charge in [-0.25, -0.2) is 9.78 Å². The van der Waals surface area contributed by atoms with Crippen LogP contribution in [0.2, 0.25) is 0 Å². The second-order valence-corrected chi connectivity index (χ2v) is 6.36. The molecule has 2 aromatic rings. The molecule has 0 atom stereocenters. The number of nitrogens with zero attached hydrogens (tertiary/aromatic N) is 3. The van der Waals surface area contributed by atoms with Crippen molar-refractivity contribution in [1.29, 1.82) is 0 Å². The van der Waals surface area contributed by atoms with Crippen molar-refractivity contribution >= 4 is 36.0 Å². The van der Waals surface area contributed by atoms with Crippen LogP contribution in [0.1, 0.15) is 26.6 Å². The van der Waals surface area contributed by atoms with Crippen LogP contribution in [-0.2, 0) is 11.3 Å². The summed E-state index contributed by atoms with van der Waals surface area (Å²) in [4.78, 5) is 20.0. The molecule has 27 heavy (non-hydrogen) atoms. The zero-order valence-electron chi connectivity index (χ0n) is 15.8. The Labute approximate surface area is 175 Å². The largest absolute Gasteiger partial charge is 0.461 e. The number of hydrogen-bond donors (Lipinski definition) is 4. The van der Waals surface area contributed by atoms with Crippen molar-refractivity contribution in [3.05, 3.63) is 24.2 Å². The topological polar surface area (TPSA) is 129 Å². The summed E-state index contributed by atoms with van der Waals surface area (Å²) in [5, 5.41) is 15.8.